The number of nitrogens with one attached hydrogen (secondary N) is 1. The van der Waals surface area contributed by atoms with Gasteiger partial charge < -0.3 is 10.2 Å². The Balaban J connectivity index is 2.06. The maximum atomic E-state index is 3.47. The normalized spacial score (nSPS) is 19.1. The highest BCUT2D eigenvalue weighted by atomic mass is 15.2. The summed E-state index contributed by atoms with van der Waals surface area (Å²) in [5, 5.41) is 3.47. The van der Waals surface area contributed by atoms with E-state index in [9.17, 15) is 0 Å². The minimum Gasteiger partial charge on any atom is -0.368 e. The van der Waals surface area contributed by atoms with Gasteiger partial charge in [0.1, 0.15) is 0 Å². The molecule has 0 radical (unpaired) electrons. The summed E-state index contributed by atoms with van der Waals surface area (Å²) >= 11 is 0. The fourth-order valence-electron chi connectivity index (χ4n) is 3.14. The zero-order valence-corrected chi connectivity index (χ0v) is 12.7. The Bertz CT molecular complexity index is 400. The minimum absolute atomic E-state index is 0.753. The van der Waals surface area contributed by atoms with E-state index in [1.54, 1.807) is 0 Å². The second kappa shape index (κ2) is 6.95. The van der Waals surface area contributed by atoms with E-state index in [1.165, 1.54) is 49.0 Å². The summed E-state index contributed by atoms with van der Waals surface area (Å²) in [7, 11) is 0. The van der Waals surface area contributed by atoms with Crippen molar-refractivity contribution in [2.75, 3.05) is 18.0 Å². The molecule has 106 valence electrons. The van der Waals surface area contributed by atoms with Crippen molar-refractivity contribution in [3.63, 3.8) is 0 Å². The molecule has 1 atom stereocenters. The van der Waals surface area contributed by atoms with Gasteiger partial charge in [-0.3, -0.25) is 0 Å². The molecule has 2 rings (SSSR count). The minimum atomic E-state index is 0.753. The molecule has 0 bridgehead atoms. The van der Waals surface area contributed by atoms with Crippen molar-refractivity contribution < 1.29 is 0 Å². The summed E-state index contributed by atoms with van der Waals surface area (Å²) in [6.07, 6.45) is 5.16. The summed E-state index contributed by atoms with van der Waals surface area (Å²) < 4.78 is 0. The quantitative estimate of drug-likeness (QED) is 0.781. The van der Waals surface area contributed by atoms with Crippen LogP contribution in [0.1, 0.15) is 50.7 Å². The molecule has 1 unspecified atom stereocenters. The summed E-state index contributed by atoms with van der Waals surface area (Å²) in [6, 6.07) is 7.72. The van der Waals surface area contributed by atoms with Crippen LogP contribution >= 0.6 is 0 Å². The first-order chi connectivity index (χ1) is 9.26. The Hall–Kier alpha value is -1.02. The molecule has 19 heavy (non-hydrogen) atoms. The Kier molecular flexibility index (Phi) is 5.26. The van der Waals surface area contributed by atoms with Gasteiger partial charge >= 0.3 is 0 Å². The van der Waals surface area contributed by atoms with Gasteiger partial charge in [0.2, 0.25) is 0 Å². The molecule has 2 nitrogen and oxygen atoms in total. The molecule has 1 aromatic carbocycles. The summed E-state index contributed by atoms with van der Waals surface area (Å²) in [4.78, 5) is 2.61. The van der Waals surface area contributed by atoms with E-state index in [-0.39, 0.29) is 0 Å². The molecule has 0 aliphatic carbocycles. The first kappa shape index (κ1) is 14.4. The molecule has 1 N–H and O–H groups in total. The summed E-state index contributed by atoms with van der Waals surface area (Å²) in [6.45, 7) is 10.1. The number of anilines is 1. The van der Waals surface area contributed by atoms with Crippen LogP contribution in [-0.2, 0) is 6.54 Å². The lowest BCUT2D eigenvalue weighted by atomic mass is 10.1. The number of hydrogen-bond acceptors (Lipinski definition) is 2. The number of aryl methyl sites for hydroxylation is 1. The van der Waals surface area contributed by atoms with Crippen LogP contribution in [0.2, 0.25) is 0 Å². The van der Waals surface area contributed by atoms with E-state index < -0.39 is 0 Å². The number of rotatable bonds is 6. The predicted octanol–water partition coefficient (Wildman–Crippen LogP) is 3.87. The van der Waals surface area contributed by atoms with Crippen LogP contribution in [0.15, 0.2) is 18.2 Å². The molecule has 1 heterocycles. The van der Waals surface area contributed by atoms with Crippen LogP contribution in [0, 0.1) is 6.92 Å². The number of hydrogen-bond donors (Lipinski definition) is 1. The molecule has 0 amide bonds. The second-order valence-electron chi connectivity index (χ2n) is 5.70. The molecule has 0 saturated carbocycles. The van der Waals surface area contributed by atoms with Crippen molar-refractivity contribution in [2.24, 2.45) is 0 Å². The van der Waals surface area contributed by atoms with Gasteiger partial charge in [0.05, 0.1) is 0 Å². The average molecular weight is 260 g/mol. The third-order valence-corrected chi connectivity index (χ3v) is 4.17. The van der Waals surface area contributed by atoms with E-state index in [0.29, 0.717) is 0 Å². The number of nitrogens with zero attached hydrogens (tertiary/aromatic N) is 1. The van der Waals surface area contributed by atoms with E-state index in [0.717, 1.165) is 19.1 Å². The van der Waals surface area contributed by atoms with Crippen molar-refractivity contribution in [2.45, 2.75) is 59.0 Å². The Morgan fingerprint density at radius 3 is 2.84 bits per heavy atom. The smallest absolute Gasteiger partial charge is 0.0398 e. The molecule has 0 spiro atoms. The molecular weight excluding hydrogens is 232 g/mol. The van der Waals surface area contributed by atoms with Gasteiger partial charge in [-0.25, -0.2) is 0 Å². The van der Waals surface area contributed by atoms with Gasteiger partial charge in [-0.2, -0.15) is 0 Å². The third-order valence-electron chi connectivity index (χ3n) is 4.17. The highest BCUT2D eigenvalue weighted by molar-refractivity contribution is 5.56. The van der Waals surface area contributed by atoms with Crippen LogP contribution in [0.3, 0.4) is 0 Å². The van der Waals surface area contributed by atoms with Gasteiger partial charge in [0.25, 0.3) is 0 Å². The molecule has 1 fully saturated rings. The second-order valence-corrected chi connectivity index (χ2v) is 5.70. The average Bonchev–Trinajstić information content (AvgIpc) is 2.87. The monoisotopic (exact) mass is 260 g/mol. The molecule has 1 aromatic rings. The van der Waals surface area contributed by atoms with Crippen LogP contribution < -0.4 is 10.2 Å². The van der Waals surface area contributed by atoms with Gasteiger partial charge in [-0.15, -0.1) is 0 Å². The molecule has 1 aliphatic rings. The first-order valence-corrected chi connectivity index (χ1v) is 7.83. The Morgan fingerprint density at radius 2 is 2.16 bits per heavy atom. The fraction of sp³-hybridized carbons (Fsp3) is 0.647. The lowest BCUT2D eigenvalue weighted by Gasteiger charge is -2.28. The van der Waals surface area contributed by atoms with E-state index in [2.05, 4.69) is 49.2 Å². The van der Waals surface area contributed by atoms with E-state index >= 15 is 0 Å². The lowest BCUT2D eigenvalue weighted by molar-refractivity contribution is 0.644. The predicted molar refractivity (Wildman–Crippen MR) is 83.8 cm³/mol. The van der Waals surface area contributed by atoms with Crippen molar-refractivity contribution >= 4 is 5.69 Å². The van der Waals surface area contributed by atoms with Crippen LogP contribution in [-0.4, -0.2) is 19.1 Å². The molecular formula is C17H28N2. The summed E-state index contributed by atoms with van der Waals surface area (Å²) in [5.74, 6) is 0. The Labute approximate surface area is 118 Å². The SMILES string of the molecule is CCCNCc1ccc(N2CCCC2CC)c(C)c1. The summed E-state index contributed by atoms with van der Waals surface area (Å²) in [5.41, 5.74) is 4.28. The topological polar surface area (TPSA) is 15.3 Å². The standard InChI is InChI=1S/C17H28N2/c1-4-10-18-13-15-8-9-17(14(3)12-15)19-11-6-7-16(19)5-2/h8-9,12,16,18H,4-7,10-11,13H2,1-3H3. The largest absolute Gasteiger partial charge is 0.368 e. The molecule has 1 aliphatic heterocycles. The van der Waals surface area contributed by atoms with Crippen molar-refractivity contribution in [1.29, 1.82) is 0 Å². The highest BCUT2D eigenvalue weighted by Gasteiger charge is 2.23. The van der Waals surface area contributed by atoms with Crippen LogP contribution in [0.5, 0.6) is 0 Å². The van der Waals surface area contributed by atoms with Gasteiger partial charge in [-0.1, -0.05) is 26.0 Å². The molecule has 2 heteroatoms. The van der Waals surface area contributed by atoms with E-state index in [1.807, 2.05) is 0 Å². The van der Waals surface area contributed by atoms with Crippen LogP contribution in [0.25, 0.3) is 0 Å². The maximum absolute atomic E-state index is 3.47. The van der Waals surface area contributed by atoms with Crippen molar-refractivity contribution in [3.8, 4) is 0 Å². The fourth-order valence-corrected chi connectivity index (χ4v) is 3.14. The van der Waals surface area contributed by atoms with Gasteiger partial charge in [-0.05, 0) is 56.3 Å². The van der Waals surface area contributed by atoms with Gasteiger partial charge in [0, 0.05) is 24.8 Å². The maximum Gasteiger partial charge on any atom is 0.0398 e. The van der Waals surface area contributed by atoms with Crippen molar-refractivity contribution in [3.05, 3.63) is 29.3 Å². The van der Waals surface area contributed by atoms with Crippen LogP contribution in [0.4, 0.5) is 5.69 Å². The third kappa shape index (κ3) is 3.50. The molecule has 0 aromatic heterocycles. The molecule has 1 saturated heterocycles. The Morgan fingerprint density at radius 1 is 1.32 bits per heavy atom. The first-order valence-electron chi connectivity index (χ1n) is 7.83. The lowest BCUT2D eigenvalue weighted by Crippen LogP contribution is -2.29. The zero-order valence-electron chi connectivity index (χ0n) is 12.7. The van der Waals surface area contributed by atoms with Gasteiger partial charge in [0.15, 0.2) is 0 Å². The van der Waals surface area contributed by atoms with E-state index in [4.69, 9.17) is 0 Å². The zero-order chi connectivity index (χ0) is 13.7. The highest BCUT2D eigenvalue weighted by Crippen LogP contribution is 2.30. The number of benzene rings is 1. The van der Waals surface area contributed by atoms with Crippen molar-refractivity contribution in [1.82, 2.24) is 5.32 Å².